The lowest BCUT2D eigenvalue weighted by molar-refractivity contribution is -0.127. The summed E-state index contributed by atoms with van der Waals surface area (Å²) in [5.74, 6) is 3.01. The van der Waals surface area contributed by atoms with E-state index in [2.05, 4.69) is 108 Å². The fourth-order valence-corrected chi connectivity index (χ4v) is 8.92. The molecule has 6 heteroatoms. The molecule has 0 aliphatic heterocycles. The highest BCUT2D eigenvalue weighted by Crippen LogP contribution is 2.69. The van der Waals surface area contributed by atoms with Crippen molar-refractivity contribution in [2.75, 3.05) is 20.3 Å². The number of carbonyl (C=O) groups excluding carboxylic acids is 1. The molecule has 0 amide bonds. The zero-order valence-corrected chi connectivity index (χ0v) is 32.7. The number of halogens is 1. The fraction of sp³-hybridized carbons (Fsp3) is 0.667. The minimum Gasteiger partial charge on any atom is -0.497 e. The second-order valence-corrected chi connectivity index (χ2v) is 21.9. The van der Waals surface area contributed by atoms with Crippen LogP contribution in [0.4, 0.5) is 0 Å². The first-order valence-corrected chi connectivity index (χ1v) is 21.2. The van der Waals surface area contributed by atoms with Crippen molar-refractivity contribution in [2.45, 2.75) is 111 Å². The largest absolute Gasteiger partial charge is 0.497 e. The van der Waals surface area contributed by atoms with Gasteiger partial charge in [-0.1, -0.05) is 76.1 Å². The first kappa shape index (κ1) is 36.6. The molecule has 0 bridgehead atoms. The summed E-state index contributed by atoms with van der Waals surface area (Å²) in [6.45, 7) is 20.4. The van der Waals surface area contributed by atoms with Crippen LogP contribution >= 0.6 is 22.6 Å². The van der Waals surface area contributed by atoms with Gasteiger partial charge in [-0.05, 0) is 137 Å². The summed E-state index contributed by atoms with van der Waals surface area (Å²) in [5.41, 5.74) is 4.23. The zero-order valence-electron chi connectivity index (χ0n) is 29.5. The lowest BCUT2D eigenvalue weighted by Crippen LogP contribution is -2.43. The highest BCUT2D eigenvalue weighted by atomic mass is 127. The van der Waals surface area contributed by atoms with Gasteiger partial charge >= 0.3 is 0 Å². The molecule has 0 N–H and O–H groups in total. The predicted molar refractivity (Wildman–Crippen MR) is 198 cm³/mol. The number of ether oxygens (including phenoxy) is 2. The molecule has 3 aliphatic carbocycles. The number of hydrogen-bond donors (Lipinski definition) is 0. The number of hydrogen-bond acceptors (Lipinski definition) is 4. The number of fused-ring (bicyclic) bond motifs is 1. The Hall–Kier alpha value is -1.22. The van der Waals surface area contributed by atoms with E-state index in [1.54, 1.807) is 12.7 Å². The van der Waals surface area contributed by atoms with E-state index < -0.39 is 8.32 Å². The average molecular weight is 747 g/mol. The van der Waals surface area contributed by atoms with Gasteiger partial charge < -0.3 is 13.9 Å². The van der Waals surface area contributed by atoms with Gasteiger partial charge in [0.05, 0.1) is 20.3 Å². The highest BCUT2D eigenvalue weighted by molar-refractivity contribution is 14.1. The van der Waals surface area contributed by atoms with Crippen LogP contribution < -0.4 is 4.74 Å². The molecule has 0 radical (unpaired) electrons. The first-order chi connectivity index (χ1) is 21.2. The van der Waals surface area contributed by atoms with E-state index in [-0.39, 0.29) is 28.2 Å². The molecule has 1 aromatic carbocycles. The van der Waals surface area contributed by atoms with Gasteiger partial charge in [-0.3, -0.25) is 4.79 Å². The SMILES string of the molecule is COc1ccc(COC/C(C)=C/CC[C@H](C)/C(I)=C/C[C@H](CO[Si](C)(C)C(C)(C)C)[C@H]2CCC3=CCC[C@]4(C)[C@H](C2=O)[C@H]34)cc1. The Balaban J connectivity index is 1.34. The van der Waals surface area contributed by atoms with Gasteiger partial charge in [0.2, 0.25) is 0 Å². The van der Waals surface area contributed by atoms with Crippen LogP contribution in [0.3, 0.4) is 0 Å². The van der Waals surface area contributed by atoms with Gasteiger partial charge in [-0.15, -0.1) is 0 Å². The first-order valence-electron chi connectivity index (χ1n) is 17.3. The van der Waals surface area contributed by atoms with Crippen molar-refractivity contribution < 1.29 is 18.7 Å². The molecule has 0 saturated heterocycles. The van der Waals surface area contributed by atoms with Crippen LogP contribution in [-0.2, 0) is 20.6 Å². The van der Waals surface area contributed by atoms with Gasteiger partial charge in [0, 0.05) is 18.4 Å². The summed E-state index contributed by atoms with van der Waals surface area (Å²) >= 11 is 2.55. The van der Waals surface area contributed by atoms with Crippen LogP contribution in [-0.4, -0.2) is 34.4 Å². The number of allylic oxidation sites excluding steroid dienone is 5. The Morgan fingerprint density at radius 1 is 1.16 bits per heavy atom. The van der Waals surface area contributed by atoms with Gasteiger partial charge in [0.25, 0.3) is 0 Å². The van der Waals surface area contributed by atoms with Crippen molar-refractivity contribution in [3.05, 3.63) is 62.8 Å². The molecule has 6 atom stereocenters. The summed E-state index contributed by atoms with van der Waals surface area (Å²) in [6.07, 6.45) is 14.7. The second-order valence-electron chi connectivity index (χ2n) is 15.9. The van der Waals surface area contributed by atoms with Gasteiger partial charge in [0.15, 0.2) is 8.32 Å². The smallest absolute Gasteiger partial charge is 0.191 e. The summed E-state index contributed by atoms with van der Waals surface area (Å²) in [5, 5.41) is 0.160. The van der Waals surface area contributed by atoms with Crippen LogP contribution in [0, 0.1) is 35.0 Å². The maximum atomic E-state index is 14.1. The van der Waals surface area contributed by atoms with E-state index in [0.29, 0.717) is 37.4 Å². The second kappa shape index (κ2) is 15.3. The molecule has 0 aromatic heterocycles. The Kier molecular flexibility index (Phi) is 12.5. The minimum absolute atomic E-state index is 0.104. The van der Waals surface area contributed by atoms with Gasteiger partial charge in [0.1, 0.15) is 11.5 Å². The Morgan fingerprint density at radius 3 is 2.53 bits per heavy atom. The standard InChI is InChI=1S/C39H59IO4Si/c1-27(24-43-25-29-15-19-32(42-7)20-16-29)12-10-13-28(2)34(40)22-18-31(26-44-45(8,9)38(3,4)5)33-21-17-30-14-11-23-39(6)35(30)36(39)37(33)41/h12,14-16,19-20,22,28,31,33,35-36H,10-11,13,17-18,21,23-26H2,1-9H3/b27-12+,34-22-/t28-,31+,33+,35-,36-,39-/m0/s1. The topological polar surface area (TPSA) is 44.8 Å². The summed E-state index contributed by atoms with van der Waals surface area (Å²) in [6, 6.07) is 8.05. The molecule has 2 fully saturated rings. The number of Topliss-reactive ketones (excluding diaryl/α,β-unsaturated/α-hetero) is 1. The van der Waals surface area contributed by atoms with Gasteiger partial charge in [-0.25, -0.2) is 0 Å². The summed E-state index contributed by atoms with van der Waals surface area (Å²) in [7, 11) is -0.232. The molecule has 1 aromatic rings. The molecule has 3 aliphatic rings. The lowest BCUT2D eigenvalue weighted by atomic mass is 9.78. The minimum atomic E-state index is -1.92. The average Bonchev–Trinajstić information content (AvgIpc) is 3.66. The quantitative estimate of drug-likeness (QED) is 0.102. The molecule has 45 heavy (non-hydrogen) atoms. The number of rotatable bonds is 15. The number of benzene rings is 1. The van der Waals surface area contributed by atoms with Crippen LogP contribution in [0.5, 0.6) is 5.75 Å². The van der Waals surface area contributed by atoms with Crippen molar-refractivity contribution in [3.8, 4) is 5.75 Å². The zero-order chi connectivity index (χ0) is 33.0. The molecule has 0 heterocycles. The third-order valence-electron chi connectivity index (χ3n) is 11.5. The number of carbonyl (C=O) groups is 1. The normalized spacial score (nSPS) is 26.9. The number of ketones is 1. The Labute approximate surface area is 289 Å². The van der Waals surface area contributed by atoms with Crippen molar-refractivity contribution in [1.29, 1.82) is 0 Å². The maximum absolute atomic E-state index is 14.1. The summed E-state index contributed by atoms with van der Waals surface area (Å²) < 4.78 is 19.4. The van der Waals surface area contributed by atoms with Crippen molar-refractivity contribution in [2.24, 2.45) is 35.0 Å². The molecule has 4 nitrogen and oxygen atoms in total. The third-order valence-corrected chi connectivity index (χ3v) is 17.5. The molecule has 2 saturated carbocycles. The van der Waals surface area contributed by atoms with E-state index >= 15 is 0 Å². The van der Waals surface area contributed by atoms with Crippen LogP contribution in [0.1, 0.15) is 92.1 Å². The van der Waals surface area contributed by atoms with Crippen LogP contribution in [0.2, 0.25) is 18.1 Å². The van der Waals surface area contributed by atoms with E-state index in [1.807, 2.05) is 12.1 Å². The van der Waals surface area contributed by atoms with Gasteiger partial charge in [-0.2, -0.15) is 0 Å². The molecule has 4 rings (SSSR count). The van der Waals surface area contributed by atoms with Crippen molar-refractivity contribution >= 4 is 36.7 Å². The Bertz CT molecular complexity index is 1260. The fourth-order valence-electron chi connectivity index (χ4n) is 7.29. The lowest BCUT2D eigenvalue weighted by Gasteiger charge is -2.38. The van der Waals surface area contributed by atoms with Crippen LogP contribution in [0.25, 0.3) is 0 Å². The van der Waals surface area contributed by atoms with E-state index in [4.69, 9.17) is 13.9 Å². The Morgan fingerprint density at radius 2 is 1.87 bits per heavy atom. The number of methoxy groups -OCH3 is 1. The highest BCUT2D eigenvalue weighted by Gasteiger charge is 2.67. The van der Waals surface area contributed by atoms with E-state index in [9.17, 15) is 4.79 Å². The molecule has 0 spiro atoms. The van der Waals surface area contributed by atoms with E-state index in [0.717, 1.165) is 49.8 Å². The molecule has 0 unspecified atom stereocenters. The van der Waals surface area contributed by atoms with Crippen molar-refractivity contribution in [1.82, 2.24) is 0 Å². The third kappa shape index (κ3) is 9.02. The van der Waals surface area contributed by atoms with Crippen LogP contribution in [0.15, 0.2) is 57.2 Å². The molecular formula is C39H59IO4Si. The summed E-state index contributed by atoms with van der Waals surface area (Å²) in [4.78, 5) is 14.1. The monoisotopic (exact) mass is 746 g/mol. The van der Waals surface area contributed by atoms with Crippen molar-refractivity contribution in [3.63, 3.8) is 0 Å². The molecular weight excluding hydrogens is 687 g/mol. The van der Waals surface area contributed by atoms with E-state index in [1.165, 1.54) is 15.6 Å². The predicted octanol–water partition coefficient (Wildman–Crippen LogP) is 10.9. The maximum Gasteiger partial charge on any atom is 0.191 e. The molecule has 250 valence electrons.